The first-order valence-corrected chi connectivity index (χ1v) is 12.2. The van der Waals surface area contributed by atoms with Crippen LogP contribution in [0.15, 0.2) is 48.5 Å². The van der Waals surface area contributed by atoms with Crippen LogP contribution >= 0.6 is 0 Å². The number of nitrogens with one attached hydrogen (secondary N) is 1. The maximum atomic E-state index is 12.4. The number of alkyl carbamates (subject to hydrolysis) is 1. The molecule has 1 amide bonds. The fourth-order valence-corrected chi connectivity index (χ4v) is 4.25. The van der Waals surface area contributed by atoms with Gasteiger partial charge in [0.2, 0.25) is 0 Å². The molecule has 0 bridgehead atoms. The standard InChI is InChI=1S/C28H37NO6/c1-27(2,35-18-15-28(3,4)34-17-13-25(30)31)14-16-29-26(32)33-19-24-22-11-7-5-9-20(22)21-10-6-8-12-23(21)24/h5-12,24H,13-19H2,1-4H3,(H,29,32)(H,30,31). The minimum atomic E-state index is -0.873. The van der Waals surface area contributed by atoms with Crippen LogP contribution in [-0.2, 0) is 19.0 Å². The largest absolute Gasteiger partial charge is 0.481 e. The molecule has 0 atom stereocenters. The van der Waals surface area contributed by atoms with Gasteiger partial charge in [-0.3, -0.25) is 4.79 Å². The molecule has 0 heterocycles. The van der Waals surface area contributed by atoms with Crippen LogP contribution in [0, 0.1) is 0 Å². The Morgan fingerprint density at radius 3 is 2.00 bits per heavy atom. The summed E-state index contributed by atoms with van der Waals surface area (Å²) < 4.78 is 17.2. The highest BCUT2D eigenvalue weighted by Crippen LogP contribution is 2.44. The third-order valence-electron chi connectivity index (χ3n) is 6.35. The van der Waals surface area contributed by atoms with E-state index in [0.717, 1.165) is 0 Å². The SMILES string of the molecule is CC(C)(CCNC(=O)OCC1c2ccccc2-c2ccccc21)OCCC(C)(C)OCCC(=O)O. The first kappa shape index (κ1) is 26.7. The van der Waals surface area contributed by atoms with Crippen LogP contribution in [0.5, 0.6) is 0 Å². The number of carboxylic acids is 1. The lowest BCUT2D eigenvalue weighted by atomic mass is 9.98. The summed E-state index contributed by atoms with van der Waals surface area (Å²) in [6.45, 7) is 9.16. The summed E-state index contributed by atoms with van der Waals surface area (Å²) in [5.74, 6) is -0.837. The van der Waals surface area contributed by atoms with Gasteiger partial charge in [0.15, 0.2) is 0 Å². The van der Waals surface area contributed by atoms with E-state index >= 15 is 0 Å². The van der Waals surface area contributed by atoms with Crippen LogP contribution in [0.4, 0.5) is 4.79 Å². The van der Waals surface area contributed by atoms with Crippen molar-refractivity contribution in [1.82, 2.24) is 5.32 Å². The molecule has 0 fully saturated rings. The van der Waals surface area contributed by atoms with E-state index in [0.29, 0.717) is 26.0 Å². The predicted octanol–water partition coefficient (Wildman–Crippen LogP) is 5.37. The quantitative estimate of drug-likeness (QED) is 0.398. The molecule has 35 heavy (non-hydrogen) atoms. The molecule has 7 heteroatoms. The molecule has 2 aromatic rings. The number of benzene rings is 2. The average Bonchev–Trinajstić information content (AvgIpc) is 3.10. The number of amides is 1. The lowest BCUT2D eigenvalue weighted by Gasteiger charge is -2.29. The van der Waals surface area contributed by atoms with E-state index in [1.807, 2.05) is 52.0 Å². The van der Waals surface area contributed by atoms with Crippen LogP contribution in [0.25, 0.3) is 11.1 Å². The normalized spacial score (nSPS) is 13.3. The maximum Gasteiger partial charge on any atom is 0.407 e. The van der Waals surface area contributed by atoms with Crippen molar-refractivity contribution < 1.29 is 28.9 Å². The summed E-state index contributed by atoms with van der Waals surface area (Å²) in [6.07, 6.45) is 0.806. The molecule has 0 saturated carbocycles. The van der Waals surface area contributed by atoms with Gasteiger partial charge in [-0.2, -0.15) is 0 Å². The Morgan fingerprint density at radius 2 is 1.40 bits per heavy atom. The molecular weight excluding hydrogens is 446 g/mol. The molecular formula is C28H37NO6. The number of rotatable bonds is 13. The average molecular weight is 484 g/mol. The molecule has 2 aromatic carbocycles. The zero-order chi connectivity index (χ0) is 25.5. The molecule has 2 N–H and O–H groups in total. The summed E-state index contributed by atoms with van der Waals surface area (Å²) in [5.41, 5.74) is 3.87. The third-order valence-corrected chi connectivity index (χ3v) is 6.35. The van der Waals surface area contributed by atoms with E-state index in [4.69, 9.17) is 19.3 Å². The van der Waals surface area contributed by atoms with Crippen LogP contribution in [-0.4, -0.2) is 54.7 Å². The third kappa shape index (κ3) is 7.80. The molecule has 190 valence electrons. The number of carbonyl (C=O) groups excluding carboxylic acids is 1. The van der Waals surface area contributed by atoms with Gasteiger partial charge in [-0.1, -0.05) is 48.5 Å². The topological polar surface area (TPSA) is 94.1 Å². The Bertz CT molecular complexity index is 971. The molecule has 3 rings (SSSR count). The lowest BCUT2D eigenvalue weighted by molar-refractivity contribution is -0.140. The van der Waals surface area contributed by atoms with Crippen LogP contribution in [0.2, 0.25) is 0 Å². The van der Waals surface area contributed by atoms with E-state index in [9.17, 15) is 9.59 Å². The van der Waals surface area contributed by atoms with Gasteiger partial charge in [0.25, 0.3) is 0 Å². The van der Waals surface area contributed by atoms with Gasteiger partial charge < -0.3 is 24.6 Å². The minimum absolute atomic E-state index is 0.0165. The molecule has 1 aliphatic carbocycles. The summed E-state index contributed by atoms with van der Waals surface area (Å²) in [6, 6.07) is 16.5. The van der Waals surface area contributed by atoms with Gasteiger partial charge in [-0.05, 0) is 62.8 Å². The Morgan fingerprint density at radius 1 is 0.857 bits per heavy atom. The summed E-state index contributed by atoms with van der Waals surface area (Å²) in [4.78, 5) is 23.0. The molecule has 7 nitrogen and oxygen atoms in total. The second-order valence-electron chi connectivity index (χ2n) is 10.1. The number of carbonyl (C=O) groups is 2. The Balaban J connectivity index is 1.38. The van der Waals surface area contributed by atoms with Gasteiger partial charge in [0.1, 0.15) is 6.61 Å². The number of hydrogen-bond donors (Lipinski definition) is 2. The summed E-state index contributed by atoms with van der Waals surface area (Å²) >= 11 is 0. The zero-order valence-corrected chi connectivity index (χ0v) is 21.1. The molecule has 0 aromatic heterocycles. The highest BCUT2D eigenvalue weighted by Gasteiger charge is 2.29. The highest BCUT2D eigenvalue weighted by atomic mass is 16.5. The smallest absolute Gasteiger partial charge is 0.407 e. The Kier molecular flexibility index (Phi) is 8.92. The Labute approximate surface area is 207 Å². The zero-order valence-electron chi connectivity index (χ0n) is 21.1. The highest BCUT2D eigenvalue weighted by molar-refractivity contribution is 5.79. The van der Waals surface area contributed by atoms with E-state index in [2.05, 4.69) is 29.6 Å². The molecule has 0 spiro atoms. The molecule has 0 radical (unpaired) electrons. The second kappa shape index (κ2) is 11.7. The predicted molar refractivity (Wildman–Crippen MR) is 135 cm³/mol. The summed E-state index contributed by atoms with van der Waals surface area (Å²) in [5, 5.41) is 11.6. The van der Waals surface area contributed by atoms with E-state index in [1.54, 1.807) is 0 Å². The second-order valence-corrected chi connectivity index (χ2v) is 10.1. The van der Waals surface area contributed by atoms with Crippen LogP contribution in [0.1, 0.15) is 64.0 Å². The number of aliphatic carboxylic acids is 1. The van der Waals surface area contributed by atoms with Crippen molar-refractivity contribution in [3.63, 3.8) is 0 Å². The van der Waals surface area contributed by atoms with E-state index < -0.39 is 23.3 Å². The number of fused-ring (bicyclic) bond motifs is 3. The van der Waals surface area contributed by atoms with Crippen molar-refractivity contribution in [1.29, 1.82) is 0 Å². The molecule has 0 aliphatic heterocycles. The van der Waals surface area contributed by atoms with Crippen molar-refractivity contribution >= 4 is 12.1 Å². The number of carboxylic acid groups (broad SMARTS) is 1. The first-order chi connectivity index (χ1) is 16.6. The molecule has 0 unspecified atom stereocenters. The fraction of sp³-hybridized carbons (Fsp3) is 0.500. The lowest BCUT2D eigenvalue weighted by Crippen LogP contribution is -2.35. The van der Waals surface area contributed by atoms with Crippen molar-refractivity contribution in [2.45, 2.75) is 64.1 Å². The maximum absolute atomic E-state index is 12.4. The van der Waals surface area contributed by atoms with Gasteiger partial charge in [0.05, 0.1) is 30.8 Å². The van der Waals surface area contributed by atoms with Crippen molar-refractivity contribution in [3.8, 4) is 11.1 Å². The van der Waals surface area contributed by atoms with Gasteiger partial charge >= 0.3 is 12.1 Å². The van der Waals surface area contributed by atoms with Crippen molar-refractivity contribution in [2.75, 3.05) is 26.4 Å². The van der Waals surface area contributed by atoms with Crippen LogP contribution < -0.4 is 5.32 Å². The van der Waals surface area contributed by atoms with Gasteiger partial charge in [0, 0.05) is 12.5 Å². The van der Waals surface area contributed by atoms with Crippen LogP contribution in [0.3, 0.4) is 0 Å². The molecule has 0 saturated heterocycles. The number of ether oxygens (including phenoxy) is 3. The van der Waals surface area contributed by atoms with Crippen molar-refractivity contribution in [3.05, 3.63) is 59.7 Å². The van der Waals surface area contributed by atoms with E-state index in [-0.39, 0.29) is 25.6 Å². The van der Waals surface area contributed by atoms with E-state index in [1.165, 1.54) is 22.3 Å². The van der Waals surface area contributed by atoms with Gasteiger partial charge in [-0.15, -0.1) is 0 Å². The first-order valence-electron chi connectivity index (χ1n) is 12.2. The monoisotopic (exact) mass is 483 g/mol. The van der Waals surface area contributed by atoms with Gasteiger partial charge in [-0.25, -0.2) is 4.79 Å². The van der Waals surface area contributed by atoms with Crippen molar-refractivity contribution in [2.24, 2.45) is 0 Å². The molecule has 1 aliphatic rings. The Hall–Kier alpha value is -2.90. The fourth-order valence-electron chi connectivity index (χ4n) is 4.25. The number of hydrogen-bond acceptors (Lipinski definition) is 5. The minimum Gasteiger partial charge on any atom is -0.481 e. The summed E-state index contributed by atoms with van der Waals surface area (Å²) in [7, 11) is 0.